The number of piperazine rings is 1. The molecule has 5 nitrogen and oxygen atoms in total. The van der Waals surface area contributed by atoms with Gasteiger partial charge in [-0.15, -0.1) is 0 Å². The molecule has 17 heavy (non-hydrogen) atoms. The second kappa shape index (κ2) is 7.63. The fraction of sp³-hybridized carbons (Fsp3) is 0.917. The molecule has 1 unspecified atom stereocenters. The van der Waals surface area contributed by atoms with Gasteiger partial charge in [-0.25, -0.2) is 0 Å². The maximum Gasteiger partial charge on any atom is 0.322 e. The van der Waals surface area contributed by atoms with Crippen LogP contribution in [-0.4, -0.2) is 75.2 Å². The number of nitrogens with zero attached hydrogens (tertiary/aromatic N) is 2. The van der Waals surface area contributed by atoms with Crippen LogP contribution in [0.4, 0.5) is 0 Å². The summed E-state index contributed by atoms with van der Waals surface area (Å²) in [7, 11) is 3.58. The second-order valence-electron chi connectivity index (χ2n) is 4.70. The van der Waals surface area contributed by atoms with Gasteiger partial charge >= 0.3 is 5.97 Å². The zero-order chi connectivity index (χ0) is 12.7. The number of ether oxygens (including phenoxy) is 1. The fourth-order valence-corrected chi connectivity index (χ4v) is 1.95. The van der Waals surface area contributed by atoms with E-state index in [1.807, 2.05) is 6.92 Å². The molecule has 0 amide bonds. The van der Waals surface area contributed by atoms with Gasteiger partial charge in [0.15, 0.2) is 0 Å². The summed E-state index contributed by atoms with van der Waals surface area (Å²) in [5.74, 6) is -0.190. The molecular formula is C12H25N3O2. The van der Waals surface area contributed by atoms with Gasteiger partial charge < -0.3 is 19.9 Å². The van der Waals surface area contributed by atoms with E-state index in [1.165, 1.54) is 7.11 Å². The average molecular weight is 243 g/mol. The molecule has 1 N–H and O–H groups in total. The van der Waals surface area contributed by atoms with E-state index in [0.29, 0.717) is 0 Å². The largest absolute Gasteiger partial charge is 0.468 e. The molecule has 0 aromatic carbocycles. The third-order valence-electron chi connectivity index (χ3n) is 3.25. The molecule has 1 rings (SSSR count). The number of hydrogen-bond acceptors (Lipinski definition) is 5. The fourth-order valence-electron chi connectivity index (χ4n) is 1.95. The first-order valence-corrected chi connectivity index (χ1v) is 6.35. The van der Waals surface area contributed by atoms with Gasteiger partial charge in [-0.05, 0) is 33.5 Å². The van der Waals surface area contributed by atoms with Gasteiger partial charge in [0.25, 0.3) is 0 Å². The molecule has 0 saturated carbocycles. The van der Waals surface area contributed by atoms with Gasteiger partial charge in [-0.3, -0.25) is 4.79 Å². The number of carbonyl (C=O) groups excluding carboxylic acids is 1. The maximum atomic E-state index is 11.1. The van der Waals surface area contributed by atoms with Crippen LogP contribution in [0.25, 0.3) is 0 Å². The number of rotatable bonds is 6. The van der Waals surface area contributed by atoms with E-state index < -0.39 is 0 Å². The molecule has 5 heteroatoms. The van der Waals surface area contributed by atoms with E-state index in [-0.39, 0.29) is 12.0 Å². The molecule has 100 valence electrons. The quantitative estimate of drug-likeness (QED) is 0.516. The van der Waals surface area contributed by atoms with Crippen LogP contribution in [0.5, 0.6) is 0 Å². The first kappa shape index (κ1) is 14.4. The molecule has 1 heterocycles. The van der Waals surface area contributed by atoms with Gasteiger partial charge in [-0.1, -0.05) is 0 Å². The Balaban J connectivity index is 2.02. The molecule has 1 aliphatic rings. The standard InChI is InChI=1S/C12H25N3O2/c1-11(12(16)17-3)13-5-4-6-15-9-7-14(2)8-10-15/h11,13H,4-10H2,1-3H3. The number of carbonyl (C=O) groups is 1. The minimum atomic E-state index is -0.201. The highest BCUT2D eigenvalue weighted by Gasteiger charge is 2.14. The van der Waals surface area contributed by atoms with Crippen LogP contribution < -0.4 is 5.32 Å². The second-order valence-corrected chi connectivity index (χ2v) is 4.70. The van der Waals surface area contributed by atoms with Crippen LogP contribution in [-0.2, 0) is 9.53 Å². The predicted octanol–water partition coefficient (Wildman–Crippen LogP) is -0.225. The first-order valence-electron chi connectivity index (χ1n) is 6.35. The van der Waals surface area contributed by atoms with Gasteiger partial charge in [0, 0.05) is 26.2 Å². The van der Waals surface area contributed by atoms with Crippen LogP contribution >= 0.6 is 0 Å². The minimum absolute atomic E-state index is 0.190. The van der Waals surface area contributed by atoms with Crippen molar-refractivity contribution >= 4 is 5.97 Å². The molecule has 0 bridgehead atoms. The Bertz CT molecular complexity index is 228. The summed E-state index contributed by atoms with van der Waals surface area (Å²) in [6.07, 6.45) is 1.07. The normalized spacial score (nSPS) is 20.2. The third kappa shape index (κ3) is 5.48. The van der Waals surface area contributed by atoms with Gasteiger partial charge in [0.1, 0.15) is 6.04 Å². The van der Waals surface area contributed by atoms with E-state index in [1.54, 1.807) is 0 Å². The van der Waals surface area contributed by atoms with Crippen LogP contribution in [0.1, 0.15) is 13.3 Å². The van der Waals surface area contributed by atoms with Crippen LogP contribution in [0.15, 0.2) is 0 Å². The van der Waals surface area contributed by atoms with Crippen LogP contribution in [0, 0.1) is 0 Å². The van der Waals surface area contributed by atoms with E-state index in [9.17, 15) is 4.79 Å². The number of likely N-dealkylation sites (N-methyl/N-ethyl adjacent to an activating group) is 1. The summed E-state index contributed by atoms with van der Waals surface area (Å²) in [5, 5.41) is 3.17. The molecule has 1 aliphatic heterocycles. The summed E-state index contributed by atoms with van der Waals surface area (Å²) in [5.41, 5.74) is 0. The Morgan fingerprint density at radius 2 is 2.00 bits per heavy atom. The molecule has 1 saturated heterocycles. The Kier molecular flexibility index (Phi) is 6.47. The smallest absolute Gasteiger partial charge is 0.322 e. The molecule has 0 aromatic heterocycles. The Morgan fingerprint density at radius 3 is 2.59 bits per heavy atom. The van der Waals surface area contributed by atoms with E-state index >= 15 is 0 Å². The topological polar surface area (TPSA) is 44.8 Å². The van der Waals surface area contributed by atoms with E-state index in [2.05, 4.69) is 26.9 Å². The molecular weight excluding hydrogens is 218 g/mol. The Labute approximate surface area is 104 Å². The SMILES string of the molecule is COC(=O)C(C)NCCCN1CCN(C)CC1. The monoisotopic (exact) mass is 243 g/mol. The Morgan fingerprint density at radius 1 is 1.35 bits per heavy atom. The number of esters is 1. The first-order chi connectivity index (χ1) is 8.13. The Hall–Kier alpha value is -0.650. The van der Waals surface area contributed by atoms with Crippen LogP contribution in [0.2, 0.25) is 0 Å². The number of nitrogens with one attached hydrogen (secondary N) is 1. The zero-order valence-electron chi connectivity index (χ0n) is 11.2. The van der Waals surface area contributed by atoms with Crippen molar-refractivity contribution in [1.82, 2.24) is 15.1 Å². The van der Waals surface area contributed by atoms with E-state index in [4.69, 9.17) is 0 Å². The highest BCUT2D eigenvalue weighted by atomic mass is 16.5. The van der Waals surface area contributed by atoms with Gasteiger partial charge in [0.05, 0.1) is 7.11 Å². The van der Waals surface area contributed by atoms with Crippen molar-refractivity contribution in [2.24, 2.45) is 0 Å². The zero-order valence-corrected chi connectivity index (χ0v) is 11.2. The van der Waals surface area contributed by atoms with Crippen molar-refractivity contribution in [2.75, 3.05) is 53.4 Å². The molecule has 0 aromatic rings. The number of methoxy groups -OCH3 is 1. The summed E-state index contributed by atoms with van der Waals surface area (Å²) in [6, 6.07) is -0.201. The van der Waals surface area contributed by atoms with Crippen LogP contribution in [0.3, 0.4) is 0 Å². The number of hydrogen-bond donors (Lipinski definition) is 1. The lowest BCUT2D eigenvalue weighted by molar-refractivity contribution is -0.142. The third-order valence-corrected chi connectivity index (χ3v) is 3.25. The van der Waals surface area contributed by atoms with E-state index in [0.717, 1.165) is 45.7 Å². The van der Waals surface area contributed by atoms with Gasteiger partial charge in [0.2, 0.25) is 0 Å². The van der Waals surface area contributed by atoms with Crippen molar-refractivity contribution in [3.8, 4) is 0 Å². The molecule has 1 atom stereocenters. The molecule has 0 spiro atoms. The van der Waals surface area contributed by atoms with Crippen molar-refractivity contribution in [3.63, 3.8) is 0 Å². The highest BCUT2D eigenvalue weighted by Crippen LogP contribution is 1.99. The predicted molar refractivity (Wildman–Crippen MR) is 68.0 cm³/mol. The maximum absolute atomic E-state index is 11.1. The average Bonchev–Trinajstić information content (AvgIpc) is 2.35. The lowest BCUT2D eigenvalue weighted by atomic mass is 10.3. The minimum Gasteiger partial charge on any atom is -0.468 e. The van der Waals surface area contributed by atoms with Crippen molar-refractivity contribution < 1.29 is 9.53 Å². The lowest BCUT2D eigenvalue weighted by Gasteiger charge is -2.32. The molecule has 0 radical (unpaired) electrons. The van der Waals surface area contributed by atoms with Crippen molar-refractivity contribution in [3.05, 3.63) is 0 Å². The van der Waals surface area contributed by atoms with Crippen molar-refractivity contribution in [2.45, 2.75) is 19.4 Å². The summed E-state index contributed by atoms with van der Waals surface area (Å²) >= 11 is 0. The molecule has 1 fully saturated rings. The summed E-state index contributed by atoms with van der Waals surface area (Å²) in [6.45, 7) is 8.43. The lowest BCUT2D eigenvalue weighted by Crippen LogP contribution is -2.45. The molecule has 0 aliphatic carbocycles. The summed E-state index contributed by atoms with van der Waals surface area (Å²) in [4.78, 5) is 16.0. The van der Waals surface area contributed by atoms with Crippen molar-refractivity contribution in [1.29, 1.82) is 0 Å². The highest BCUT2D eigenvalue weighted by molar-refractivity contribution is 5.74. The van der Waals surface area contributed by atoms with Gasteiger partial charge in [-0.2, -0.15) is 0 Å². The summed E-state index contributed by atoms with van der Waals surface area (Å²) < 4.78 is 4.65.